The summed E-state index contributed by atoms with van der Waals surface area (Å²) in [5.41, 5.74) is 4.60. The molecule has 2 aromatic rings. The van der Waals surface area contributed by atoms with Crippen LogP contribution in [-0.2, 0) is 12.8 Å². The SMILES string of the molecule is CCCCCOc1ccc(CCC=CC2CC=C(c3ccc(CCC)cc3)CC2)c(F)c1F. The Morgan fingerprint density at radius 2 is 1.76 bits per heavy atom. The first-order valence-corrected chi connectivity index (χ1v) is 12.7. The van der Waals surface area contributed by atoms with Gasteiger partial charge in [0.15, 0.2) is 11.6 Å². The van der Waals surface area contributed by atoms with Crippen molar-refractivity contribution in [1.29, 1.82) is 0 Å². The molecule has 0 radical (unpaired) electrons. The van der Waals surface area contributed by atoms with Crippen molar-refractivity contribution in [2.45, 2.75) is 78.1 Å². The van der Waals surface area contributed by atoms with Gasteiger partial charge in [-0.25, -0.2) is 4.39 Å². The summed E-state index contributed by atoms with van der Waals surface area (Å²) >= 11 is 0. The third-order valence-electron chi connectivity index (χ3n) is 6.44. The first kappa shape index (κ1) is 25.2. The molecule has 0 saturated carbocycles. The zero-order chi connectivity index (χ0) is 23.5. The molecular formula is C30H38F2O. The van der Waals surface area contributed by atoms with Gasteiger partial charge in [-0.2, -0.15) is 4.39 Å². The lowest BCUT2D eigenvalue weighted by Crippen LogP contribution is -2.03. The van der Waals surface area contributed by atoms with Gasteiger partial charge < -0.3 is 4.74 Å². The molecule has 0 saturated heterocycles. The van der Waals surface area contributed by atoms with Crippen LogP contribution in [-0.4, -0.2) is 6.61 Å². The number of rotatable bonds is 12. The van der Waals surface area contributed by atoms with E-state index in [1.165, 1.54) is 23.1 Å². The summed E-state index contributed by atoms with van der Waals surface area (Å²) in [5, 5.41) is 0. The van der Waals surface area contributed by atoms with Crippen molar-refractivity contribution in [2.75, 3.05) is 6.61 Å². The fourth-order valence-electron chi connectivity index (χ4n) is 4.40. The first-order chi connectivity index (χ1) is 16.1. The van der Waals surface area contributed by atoms with Crippen molar-refractivity contribution in [3.63, 3.8) is 0 Å². The van der Waals surface area contributed by atoms with Crippen LogP contribution in [0.25, 0.3) is 5.57 Å². The third kappa shape index (κ3) is 7.55. The largest absolute Gasteiger partial charge is 0.490 e. The Kier molecular flexibility index (Phi) is 10.2. The topological polar surface area (TPSA) is 9.23 Å². The predicted octanol–water partition coefficient (Wildman–Crippen LogP) is 8.86. The van der Waals surface area contributed by atoms with E-state index in [4.69, 9.17) is 4.74 Å². The standard InChI is InChI=1S/C30H38F2O/c1-3-5-8-22-33-28-21-20-27(29(31)30(28)32)11-7-6-10-24-14-18-26(19-15-24)25-16-12-23(9-4-2)13-17-25/h6,10,12-13,16-18,20-21,24H,3-5,7-9,11,14-15,19,22H2,1-2H3. The van der Waals surface area contributed by atoms with Gasteiger partial charge in [-0.05, 0) is 79.2 Å². The Labute approximate surface area is 198 Å². The summed E-state index contributed by atoms with van der Waals surface area (Å²) in [6, 6.07) is 12.2. The zero-order valence-corrected chi connectivity index (χ0v) is 20.2. The number of unbranched alkanes of at least 4 members (excludes halogenated alkanes) is 2. The molecule has 0 aliphatic heterocycles. The van der Waals surface area contributed by atoms with E-state index in [2.05, 4.69) is 56.3 Å². The molecule has 0 heterocycles. The second-order valence-corrected chi connectivity index (χ2v) is 9.08. The van der Waals surface area contributed by atoms with Crippen LogP contribution < -0.4 is 4.74 Å². The number of halogens is 2. The molecule has 3 heteroatoms. The van der Waals surface area contributed by atoms with Crippen molar-refractivity contribution >= 4 is 5.57 Å². The summed E-state index contributed by atoms with van der Waals surface area (Å²) in [4.78, 5) is 0. The fourth-order valence-corrected chi connectivity index (χ4v) is 4.40. The molecule has 3 rings (SSSR count). The Morgan fingerprint density at radius 3 is 2.45 bits per heavy atom. The molecule has 0 spiro atoms. The average Bonchev–Trinajstić information content (AvgIpc) is 2.84. The lowest BCUT2D eigenvalue weighted by Gasteiger charge is -2.19. The summed E-state index contributed by atoms with van der Waals surface area (Å²) < 4.78 is 34.1. The average molecular weight is 453 g/mol. The highest BCUT2D eigenvalue weighted by atomic mass is 19.2. The lowest BCUT2D eigenvalue weighted by molar-refractivity contribution is 0.285. The van der Waals surface area contributed by atoms with Crippen molar-refractivity contribution in [2.24, 2.45) is 5.92 Å². The first-order valence-electron chi connectivity index (χ1n) is 12.7. The van der Waals surface area contributed by atoms with Gasteiger partial charge in [-0.3, -0.25) is 0 Å². The lowest BCUT2D eigenvalue weighted by atomic mass is 9.86. The van der Waals surface area contributed by atoms with Crippen LogP contribution in [0.2, 0.25) is 0 Å². The summed E-state index contributed by atoms with van der Waals surface area (Å²) in [6.45, 7) is 4.73. The highest BCUT2D eigenvalue weighted by Crippen LogP contribution is 2.31. The predicted molar refractivity (Wildman–Crippen MR) is 135 cm³/mol. The Bertz CT molecular complexity index is 927. The molecule has 1 aliphatic carbocycles. The van der Waals surface area contributed by atoms with Crippen molar-refractivity contribution in [3.8, 4) is 5.75 Å². The van der Waals surface area contributed by atoms with E-state index in [1.54, 1.807) is 12.1 Å². The maximum Gasteiger partial charge on any atom is 0.200 e. The number of ether oxygens (including phenoxy) is 1. The molecule has 1 nitrogen and oxygen atoms in total. The normalized spacial score (nSPS) is 16.2. The van der Waals surface area contributed by atoms with Gasteiger partial charge >= 0.3 is 0 Å². The number of aryl methyl sites for hydroxylation is 2. The Balaban J connectivity index is 1.46. The van der Waals surface area contributed by atoms with Gasteiger partial charge in [0.1, 0.15) is 0 Å². The minimum absolute atomic E-state index is 0.0210. The second kappa shape index (κ2) is 13.3. The summed E-state index contributed by atoms with van der Waals surface area (Å²) in [6.07, 6.45) is 16.4. The molecular weight excluding hydrogens is 414 g/mol. The smallest absolute Gasteiger partial charge is 0.200 e. The van der Waals surface area contributed by atoms with E-state index in [1.807, 2.05) is 0 Å². The highest BCUT2D eigenvalue weighted by Gasteiger charge is 2.15. The number of allylic oxidation sites excluding steroid dienone is 4. The minimum Gasteiger partial charge on any atom is -0.490 e. The van der Waals surface area contributed by atoms with Gasteiger partial charge in [0.2, 0.25) is 5.82 Å². The van der Waals surface area contributed by atoms with Crippen molar-refractivity contribution in [1.82, 2.24) is 0 Å². The van der Waals surface area contributed by atoms with Crippen LogP contribution in [0.15, 0.2) is 54.6 Å². The van der Waals surface area contributed by atoms with Crippen LogP contribution in [0, 0.1) is 17.6 Å². The Hall–Kier alpha value is -2.42. The minimum atomic E-state index is -0.861. The quantitative estimate of drug-likeness (QED) is 0.231. The number of benzene rings is 2. The maximum absolute atomic E-state index is 14.4. The van der Waals surface area contributed by atoms with Gasteiger partial charge in [-0.1, -0.05) is 81.7 Å². The fraction of sp³-hybridized carbons (Fsp3) is 0.467. The van der Waals surface area contributed by atoms with Gasteiger partial charge in [-0.15, -0.1) is 0 Å². The summed E-state index contributed by atoms with van der Waals surface area (Å²) in [5.74, 6) is -1.09. The molecule has 2 aromatic carbocycles. The van der Waals surface area contributed by atoms with E-state index >= 15 is 0 Å². The van der Waals surface area contributed by atoms with Gasteiger partial charge in [0, 0.05) is 0 Å². The van der Waals surface area contributed by atoms with E-state index in [0.717, 1.165) is 44.9 Å². The molecule has 0 bridgehead atoms. The van der Waals surface area contributed by atoms with Gasteiger partial charge in [0.25, 0.3) is 0 Å². The van der Waals surface area contributed by atoms with E-state index < -0.39 is 11.6 Å². The number of hydrogen-bond acceptors (Lipinski definition) is 1. The van der Waals surface area contributed by atoms with E-state index in [-0.39, 0.29) is 5.75 Å². The van der Waals surface area contributed by atoms with Crippen LogP contribution >= 0.6 is 0 Å². The molecule has 1 atom stereocenters. The van der Waals surface area contributed by atoms with Crippen molar-refractivity contribution < 1.29 is 13.5 Å². The van der Waals surface area contributed by atoms with Crippen molar-refractivity contribution in [3.05, 3.63) is 83.0 Å². The maximum atomic E-state index is 14.4. The van der Waals surface area contributed by atoms with E-state index in [0.29, 0.717) is 30.9 Å². The van der Waals surface area contributed by atoms with Crippen LogP contribution in [0.4, 0.5) is 8.78 Å². The molecule has 1 aliphatic rings. The summed E-state index contributed by atoms with van der Waals surface area (Å²) in [7, 11) is 0. The monoisotopic (exact) mass is 452 g/mol. The molecule has 0 aromatic heterocycles. The molecule has 33 heavy (non-hydrogen) atoms. The molecule has 178 valence electrons. The molecule has 1 unspecified atom stereocenters. The highest BCUT2D eigenvalue weighted by molar-refractivity contribution is 5.66. The van der Waals surface area contributed by atoms with E-state index in [9.17, 15) is 8.78 Å². The third-order valence-corrected chi connectivity index (χ3v) is 6.44. The molecule has 0 amide bonds. The Morgan fingerprint density at radius 1 is 0.939 bits per heavy atom. The van der Waals surface area contributed by atoms with Gasteiger partial charge in [0.05, 0.1) is 6.61 Å². The van der Waals surface area contributed by atoms with Crippen LogP contribution in [0.1, 0.15) is 81.9 Å². The van der Waals surface area contributed by atoms with Crippen LogP contribution in [0.3, 0.4) is 0 Å². The molecule has 0 N–H and O–H groups in total. The molecule has 0 fully saturated rings. The second-order valence-electron chi connectivity index (χ2n) is 9.08. The van der Waals surface area contributed by atoms with Crippen LogP contribution in [0.5, 0.6) is 5.75 Å². The number of hydrogen-bond donors (Lipinski definition) is 0. The zero-order valence-electron chi connectivity index (χ0n) is 20.2.